The molecule has 0 N–H and O–H groups in total. The van der Waals surface area contributed by atoms with Crippen LogP contribution in [0.5, 0.6) is 23.0 Å². The van der Waals surface area contributed by atoms with E-state index >= 15 is 0 Å². The standard InChI is InChI=1S/C48H42O12/c49-45(37-7-5-35-25-41(19-13-33(35)23-37)59-47(51)31-9-15-39(16-10-31)55-27-43-29-57-43)53-21-3-1-2-4-22-54-46(50)38-8-6-36-26-42(20-14-34(36)24-38)60-48(52)32-11-17-40(18-12-32)56-28-44-30-58-44/h5-20,23-26,43-44H,1-4,21-22,27-30H2. The molecule has 2 atom stereocenters. The van der Waals surface area contributed by atoms with E-state index in [2.05, 4.69) is 0 Å². The number of esters is 4. The SMILES string of the molecule is O=C(OCCCCCCOC(=O)c1ccc2cc(OC(=O)c3ccc(OCC4CO4)cc3)ccc2c1)c1ccc2cc(OC(=O)c3ccc(OCC4CO4)cc3)ccc2c1. The molecule has 2 saturated heterocycles. The van der Waals surface area contributed by atoms with Gasteiger partial charge in [-0.15, -0.1) is 0 Å². The number of hydrogen-bond acceptors (Lipinski definition) is 12. The van der Waals surface area contributed by atoms with Crippen molar-refractivity contribution < 1.29 is 57.1 Å². The molecular weight excluding hydrogens is 769 g/mol. The van der Waals surface area contributed by atoms with E-state index in [9.17, 15) is 19.2 Å². The number of epoxide rings is 2. The van der Waals surface area contributed by atoms with E-state index in [1.807, 2.05) is 0 Å². The summed E-state index contributed by atoms with van der Waals surface area (Å²) in [6.07, 6.45) is 3.25. The summed E-state index contributed by atoms with van der Waals surface area (Å²) >= 11 is 0. The van der Waals surface area contributed by atoms with Gasteiger partial charge < -0.3 is 37.9 Å². The summed E-state index contributed by atoms with van der Waals surface area (Å²) in [5.41, 5.74) is 1.65. The summed E-state index contributed by atoms with van der Waals surface area (Å²) in [7, 11) is 0. The van der Waals surface area contributed by atoms with Gasteiger partial charge in [-0.25, -0.2) is 19.2 Å². The van der Waals surface area contributed by atoms with Crippen LogP contribution in [-0.4, -0.2) is 75.7 Å². The molecule has 2 unspecified atom stereocenters. The molecule has 0 radical (unpaired) electrons. The molecule has 2 aliphatic heterocycles. The first-order chi connectivity index (χ1) is 29.3. The first kappa shape index (κ1) is 40.0. The van der Waals surface area contributed by atoms with Crippen LogP contribution in [0.2, 0.25) is 0 Å². The van der Waals surface area contributed by atoms with Crippen LogP contribution in [0, 0.1) is 0 Å². The zero-order chi connectivity index (χ0) is 41.3. The Morgan fingerprint density at radius 3 is 1.17 bits per heavy atom. The normalized spacial score (nSPS) is 15.2. The molecule has 0 aliphatic carbocycles. The summed E-state index contributed by atoms with van der Waals surface area (Å²) in [5.74, 6) is 0.278. The number of unbranched alkanes of at least 4 members (excludes halogenated alkanes) is 3. The first-order valence-corrected chi connectivity index (χ1v) is 19.9. The Balaban J connectivity index is 0.711. The minimum absolute atomic E-state index is 0.149. The molecule has 0 amide bonds. The highest BCUT2D eigenvalue weighted by Crippen LogP contribution is 2.26. The molecule has 306 valence electrons. The molecule has 8 rings (SSSR count). The smallest absolute Gasteiger partial charge is 0.343 e. The molecule has 0 saturated carbocycles. The largest absolute Gasteiger partial charge is 0.491 e. The zero-order valence-electron chi connectivity index (χ0n) is 32.7. The van der Waals surface area contributed by atoms with E-state index in [0.717, 1.165) is 34.4 Å². The molecule has 60 heavy (non-hydrogen) atoms. The van der Waals surface area contributed by atoms with Gasteiger partial charge >= 0.3 is 23.9 Å². The van der Waals surface area contributed by atoms with E-state index in [4.69, 9.17) is 37.9 Å². The number of carbonyl (C=O) groups excluding carboxylic acids is 4. The minimum atomic E-state index is -0.488. The number of rotatable bonds is 19. The molecule has 12 heteroatoms. The van der Waals surface area contributed by atoms with Gasteiger partial charge in [0.25, 0.3) is 0 Å². The van der Waals surface area contributed by atoms with Crippen molar-refractivity contribution >= 4 is 45.4 Å². The summed E-state index contributed by atoms with van der Waals surface area (Å²) in [4.78, 5) is 50.9. The average Bonchev–Trinajstić information content (AvgIpc) is 4.22. The van der Waals surface area contributed by atoms with Crippen molar-refractivity contribution in [2.24, 2.45) is 0 Å². The van der Waals surface area contributed by atoms with Crippen molar-refractivity contribution in [3.05, 3.63) is 144 Å². The Morgan fingerprint density at radius 2 is 0.767 bits per heavy atom. The fourth-order valence-electron chi connectivity index (χ4n) is 6.30. The fraction of sp³-hybridized carbons (Fsp3) is 0.250. The Morgan fingerprint density at radius 1 is 0.417 bits per heavy atom. The molecule has 2 aliphatic rings. The van der Waals surface area contributed by atoms with Gasteiger partial charge in [0.1, 0.15) is 48.4 Å². The van der Waals surface area contributed by atoms with Gasteiger partial charge in [0, 0.05) is 0 Å². The molecular formula is C48H42O12. The predicted molar refractivity (Wildman–Crippen MR) is 220 cm³/mol. The predicted octanol–water partition coefficient (Wildman–Crippen LogP) is 8.56. The molecule has 2 heterocycles. The average molecular weight is 811 g/mol. The topological polar surface area (TPSA) is 149 Å². The van der Waals surface area contributed by atoms with Crippen LogP contribution >= 0.6 is 0 Å². The van der Waals surface area contributed by atoms with Crippen molar-refractivity contribution in [2.45, 2.75) is 37.9 Å². The summed E-state index contributed by atoms with van der Waals surface area (Å²) in [5, 5.41) is 3.23. The van der Waals surface area contributed by atoms with E-state index in [-0.39, 0.29) is 25.4 Å². The Hall–Kier alpha value is -6.76. The van der Waals surface area contributed by atoms with Crippen LogP contribution in [0.15, 0.2) is 121 Å². The summed E-state index contributed by atoms with van der Waals surface area (Å²) in [6, 6.07) is 34.4. The van der Waals surface area contributed by atoms with Gasteiger partial charge in [0.2, 0.25) is 0 Å². The van der Waals surface area contributed by atoms with Crippen molar-refractivity contribution in [1.82, 2.24) is 0 Å². The van der Waals surface area contributed by atoms with Gasteiger partial charge in [0.05, 0.1) is 48.7 Å². The lowest BCUT2D eigenvalue weighted by Crippen LogP contribution is -2.09. The van der Waals surface area contributed by atoms with Gasteiger partial charge in [0.15, 0.2) is 0 Å². The lowest BCUT2D eigenvalue weighted by atomic mass is 10.1. The third kappa shape index (κ3) is 11.0. The Kier molecular flexibility index (Phi) is 12.6. The highest BCUT2D eigenvalue weighted by molar-refractivity contribution is 5.98. The Labute approximate surface area is 345 Å². The lowest BCUT2D eigenvalue weighted by molar-refractivity contribution is 0.0474. The highest BCUT2D eigenvalue weighted by Gasteiger charge is 2.24. The van der Waals surface area contributed by atoms with E-state index in [0.29, 0.717) is 84.5 Å². The van der Waals surface area contributed by atoms with Crippen LogP contribution in [0.25, 0.3) is 21.5 Å². The number of carbonyl (C=O) groups is 4. The molecule has 0 aromatic heterocycles. The summed E-state index contributed by atoms with van der Waals surface area (Å²) in [6.45, 7) is 2.93. The van der Waals surface area contributed by atoms with Crippen molar-refractivity contribution in [3.63, 3.8) is 0 Å². The number of fused-ring (bicyclic) bond motifs is 2. The van der Waals surface area contributed by atoms with E-state index in [1.165, 1.54) is 0 Å². The van der Waals surface area contributed by atoms with Gasteiger partial charge in [-0.05, 0) is 144 Å². The lowest BCUT2D eigenvalue weighted by Gasteiger charge is -2.09. The minimum Gasteiger partial charge on any atom is -0.491 e. The molecule has 12 nitrogen and oxygen atoms in total. The second-order valence-electron chi connectivity index (χ2n) is 14.5. The van der Waals surface area contributed by atoms with E-state index < -0.39 is 23.9 Å². The second kappa shape index (κ2) is 18.9. The monoisotopic (exact) mass is 810 g/mol. The molecule has 0 bridgehead atoms. The number of benzene rings is 6. The van der Waals surface area contributed by atoms with Gasteiger partial charge in [-0.1, -0.05) is 24.3 Å². The third-order valence-corrected chi connectivity index (χ3v) is 9.88. The fourth-order valence-corrected chi connectivity index (χ4v) is 6.30. The second-order valence-corrected chi connectivity index (χ2v) is 14.5. The third-order valence-electron chi connectivity index (χ3n) is 9.88. The number of ether oxygens (including phenoxy) is 8. The first-order valence-electron chi connectivity index (χ1n) is 19.9. The van der Waals surface area contributed by atoms with Crippen LogP contribution in [-0.2, 0) is 18.9 Å². The maximum atomic E-state index is 12.8. The maximum absolute atomic E-state index is 12.8. The quantitative estimate of drug-likeness (QED) is 0.0334. The van der Waals surface area contributed by atoms with Crippen LogP contribution < -0.4 is 18.9 Å². The van der Waals surface area contributed by atoms with Crippen molar-refractivity contribution in [1.29, 1.82) is 0 Å². The molecule has 6 aromatic carbocycles. The van der Waals surface area contributed by atoms with Crippen LogP contribution in [0.3, 0.4) is 0 Å². The van der Waals surface area contributed by atoms with E-state index in [1.54, 1.807) is 121 Å². The maximum Gasteiger partial charge on any atom is 0.343 e. The van der Waals surface area contributed by atoms with Crippen molar-refractivity contribution in [3.8, 4) is 23.0 Å². The molecule has 0 spiro atoms. The van der Waals surface area contributed by atoms with Crippen molar-refractivity contribution in [2.75, 3.05) is 39.6 Å². The molecule has 6 aromatic rings. The van der Waals surface area contributed by atoms with Crippen LogP contribution in [0.1, 0.15) is 67.1 Å². The van der Waals surface area contributed by atoms with Gasteiger partial charge in [-0.3, -0.25) is 0 Å². The zero-order valence-corrected chi connectivity index (χ0v) is 32.7. The Bertz CT molecular complexity index is 2310. The summed E-state index contributed by atoms with van der Waals surface area (Å²) < 4.78 is 43.7. The van der Waals surface area contributed by atoms with Crippen LogP contribution in [0.4, 0.5) is 0 Å². The van der Waals surface area contributed by atoms with Gasteiger partial charge in [-0.2, -0.15) is 0 Å². The molecule has 2 fully saturated rings. The highest BCUT2D eigenvalue weighted by atomic mass is 16.6. The number of hydrogen-bond donors (Lipinski definition) is 0.